The number of benzene rings is 2. The van der Waals surface area contributed by atoms with Crippen molar-refractivity contribution in [3.63, 3.8) is 0 Å². The molecule has 0 aromatic heterocycles. The van der Waals surface area contributed by atoms with Crippen LogP contribution in [-0.4, -0.2) is 35.4 Å². The number of ether oxygens (including phenoxy) is 1. The minimum atomic E-state index is -0.656. The third-order valence-corrected chi connectivity index (χ3v) is 6.11. The Kier molecular flexibility index (Phi) is 9.04. The number of amides is 2. The highest BCUT2D eigenvalue weighted by Crippen LogP contribution is 2.26. The molecular weight excluding hydrogens is 463 g/mol. The van der Waals surface area contributed by atoms with E-state index in [1.807, 2.05) is 46.8 Å². The Labute approximate surface area is 192 Å². The average molecular weight is 493 g/mol. The molecule has 0 aliphatic rings. The topological polar surface area (TPSA) is 58.6 Å². The summed E-state index contributed by atoms with van der Waals surface area (Å²) in [7, 11) is 0. The van der Waals surface area contributed by atoms with Gasteiger partial charge in [-0.2, -0.15) is 0 Å². The van der Waals surface area contributed by atoms with Gasteiger partial charge in [0.2, 0.25) is 5.91 Å². The van der Waals surface area contributed by atoms with Crippen molar-refractivity contribution in [1.29, 1.82) is 0 Å². The van der Waals surface area contributed by atoms with E-state index < -0.39 is 6.04 Å². The van der Waals surface area contributed by atoms with Gasteiger partial charge in [0.25, 0.3) is 5.91 Å². The summed E-state index contributed by atoms with van der Waals surface area (Å²) in [6.45, 7) is 9.50. The largest absolute Gasteiger partial charge is 0.484 e. The minimum absolute atomic E-state index is 0.0470. The Morgan fingerprint density at radius 2 is 1.71 bits per heavy atom. The molecule has 0 bridgehead atoms. The number of aryl methyl sites for hydroxylation is 2. The van der Waals surface area contributed by atoms with Crippen LogP contribution >= 0.6 is 15.9 Å². The zero-order chi connectivity index (χ0) is 23.1. The fourth-order valence-corrected chi connectivity index (χ4v) is 3.53. The van der Waals surface area contributed by atoms with Crippen molar-refractivity contribution in [2.75, 3.05) is 6.61 Å². The highest BCUT2D eigenvalue weighted by Gasteiger charge is 2.29. The number of hydrogen-bond acceptors (Lipinski definition) is 3. The molecule has 0 saturated heterocycles. The van der Waals surface area contributed by atoms with Gasteiger partial charge in [-0.15, -0.1) is 0 Å². The molecular formula is C24H30BrFN2O3. The molecule has 5 nitrogen and oxygen atoms in total. The summed E-state index contributed by atoms with van der Waals surface area (Å²) in [5.41, 5.74) is 2.75. The second-order valence-corrected chi connectivity index (χ2v) is 8.69. The van der Waals surface area contributed by atoms with Gasteiger partial charge in [-0.3, -0.25) is 9.59 Å². The second kappa shape index (κ2) is 11.3. The molecule has 2 amide bonds. The van der Waals surface area contributed by atoms with Crippen molar-refractivity contribution in [1.82, 2.24) is 10.2 Å². The Balaban J connectivity index is 2.23. The molecule has 0 heterocycles. The van der Waals surface area contributed by atoms with Crippen molar-refractivity contribution >= 4 is 27.7 Å². The van der Waals surface area contributed by atoms with Crippen LogP contribution in [0.4, 0.5) is 4.39 Å². The van der Waals surface area contributed by atoms with Crippen LogP contribution in [0.25, 0.3) is 0 Å². The number of rotatable bonds is 9. The third kappa shape index (κ3) is 7.06. The molecule has 0 radical (unpaired) electrons. The van der Waals surface area contributed by atoms with Gasteiger partial charge in [0.1, 0.15) is 17.6 Å². The Morgan fingerprint density at radius 1 is 1.13 bits per heavy atom. The van der Waals surface area contributed by atoms with Crippen LogP contribution in [-0.2, 0) is 16.1 Å². The van der Waals surface area contributed by atoms with Gasteiger partial charge in [-0.25, -0.2) is 4.39 Å². The van der Waals surface area contributed by atoms with E-state index >= 15 is 0 Å². The molecule has 0 aliphatic heterocycles. The summed E-state index contributed by atoms with van der Waals surface area (Å²) in [4.78, 5) is 27.4. The Bertz CT molecular complexity index is 893. The normalized spacial score (nSPS) is 11.9. The highest BCUT2D eigenvalue weighted by molar-refractivity contribution is 9.10. The first-order chi connectivity index (χ1) is 14.6. The number of nitrogens with one attached hydrogen (secondary N) is 1. The zero-order valence-electron chi connectivity index (χ0n) is 18.7. The highest BCUT2D eigenvalue weighted by atomic mass is 79.9. The summed E-state index contributed by atoms with van der Waals surface area (Å²) in [5, 5.41) is 2.88. The van der Waals surface area contributed by atoms with Gasteiger partial charge in [0.15, 0.2) is 6.61 Å². The molecule has 0 spiro atoms. The van der Waals surface area contributed by atoms with Crippen LogP contribution in [0.15, 0.2) is 40.9 Å². The van der Waals surface area contributed by atoms with E-state index in [1.165, 1.54) is 17.0 Å². The SMILES string of the molecule is CCC(C(=O)NC(C)C)N(Cc1ccc(F)cc1)C(=O)COc1cc(C)c(Br)c(C)c1. The van der Waals surface area contributed by atoms with E-state index in [1.54, 1.807) is 12.1 Å². The molecule has 0 saturated carbocycles. The Hall–Kier alpha value is -2.41. The number of nitrogens with zero attached hydrogens (tertiary/aromatic N) is 1. The van der Waals surface area contributed by atoms with Gasteiger partial charge in [0.05, 0.1) is 0 Å². The maximum absolute atomic E-state index is 13.3. The van der Waals surface area contributed by atoms with E-state index in [0.717, 1.165) is 21.2 Å². The average Bonchev–Trinajstić information content (AvgIpc) is 2.70. The van der Waals surface area contributed by atoms with Crippen LogP contribution in [0, 0.1) is 19.7 Å². The standard InChI is InChI=1S/C24H30BrFN2O3/c1-6-21(24(30)27-15(2)3)28(13-18-7-9-19(26)10-8-18)22(29)14-31-20-11-16(4)23(25)17(5)12-20/h7-12,15,21H,6,13-14H2,1-5H3,(H,27,30). The van der Waals surface area contributed by atoms with Gasteiger partial charge in [-0.05, 0) is 75.1 Å². The fraction of sp³-hybridized carbons (Fsp3) is 0.417. The van der Waals surface area contributed by atoms with E-state index in [9.17, 15) is 14.0 Å². The van der Waals surface area contributed by atoms with Gasteiger partial charge in [-0.1, -0.05) is 35.0 Å². The summed E-state index contributed by atoms with van der Waals surface area (Å²) in [6.07, 6.45) is 0.446. The summed E-state index contributed by atoms with van der Waals surface area (Å²) in [6, 6.07) is 8.94. The smallest absolute Gasteiger partial charge is 0.261 e. The van der Waals surface area contributed by atoms with Gasteiger partial charge >= 0.3 is 0 Å². The van der Waals surface area contributed by atoms with Gasteiger partial charge < -0.3 is 15.0 Å². The molecule has 1 N–H and O–H groups in total. The molecule has 0 aliphatic carbocycles. The molecule has 0 fully saturated rings. The number of carbonyl (C=O) groups excluding carboxylic acids is 2. The molecule has 1 atom stereocenters. The molecule has 2 aromatic carbocycles. The van der Waals surface area contributed by atoms with E-state index in [4.69, 9.17) is 4.74 Å². The van der Waals surface area contributed by atoms with Crippen LogP contribution in [0.2, 0.25) is 0 Å². The summed E-state index contributed by atoms with van der Waals surface area (Å²) < 4.78 is 20.1. The molecule has 2 rings (SSSR count). The number of carbonyl (C=O) groups is 2. The first kappa shape index (κ1) is 24.9. The fourth-order valence-electron chi connectivity index (χ4n) is 3.30. The predicted octanol–water partition coefficient (Wildman–Crippen LogP) is 4.92. The van der Waals surface area contributed by atoms with Crippen LogP contribution in [0.3, 0.4) is 0 Å². The molecule has 1 unspecified atom stereocenters. The lowest BCUT2D eigenvalue weighted by molar-refractivity contribution is -0.143. The molecule has 31 heavy (non-hydrogen) atoms. The number of halogens is 2. The van der Waals surface area contributed by atoms with E-state index in [0.29, 0.717) is 12.2 Å². The van der Waals surface area contributed by atoms with Crippen molar-refractivity contribution in [3.8, 4) is 5.75 Å². The summed E-state index contributed by atoms with van der Waals surface area (Å²) >= 11 is 3.52. The molecule has 2 aromatic rings. The maximum atomic E-state index is 13.3. The van der Waals surface area contributed by atoms with Crippen LogP contribution in [0.5, 0.6) is 5.75 Å². The van der Waals surface area contributed by atoms with Crippen molar-refractivity contribution in [2.24, 2.45) is 0 Å². The first-order valence-electron chi connectivity index (χ1n) is 10.4. The zero-order valence-corrected chi connectivity index (χ0v) is 20.3. The first-order valence-corrected chi connectivity index (χ1v) is 11.2. The lowest BCUT2D eigenvalue weighted by Gasteiger charge is -2.31. The second-order valence-electron chi connectivity index (χ2n) is 7.90. The maximum Gasteiger partial charge on any atom is 0.261 e. The predicted molar refractivity (Wildman–Crippen MR) is 123 cm³/mol. The van der Waals surface area contributed by atoms with E-state index in [2.05, 4.69) is 21.2 Å². The summed E-state index contributed by atoms with van der Waals surface area (Å²) in [5.74, 6) is -0.292. The van der Waals surface area contributed by atoms with Crippen molar-refractivity contribution in [2.45, 2.75) is 59.7 Å². The van der Waals surface area contributed by atoms with Crippen molar-refractivity contribution < 1.29 is 18.7 Å². The third-order valence-electron chi connectivity index (χ3n) is 4.86. The Morgan fingerprint density at radius 3 is 2.23 bits per heavy atom. The lowest BCUT2D eigenvalue weighted by Crippen LogP contribution is -2.51. The lowest BCUT2D eigenvalue weighted by atomic mass is 10.1. The van der Waals surface area contributed by atoms with Gasteiger partial charge in [0, 0.05) is 17.1 Å². The molecule has 168 valence electrons. The van der Waals surface area contributed by atoms with E-state index in [-0.39, 0.29) is 36.8 Å². The monoisotopic (exact) mass is 492 g/mol. The van der Waals surface area contributed by atoms with Crippen molar-refractivity contribution in [3.05, 3.63) is 63.4 Å². The minimum Gasteiger partial charge on any atom is -0.484 e. The molecule has 7 heteroatoms. The quantitative estimate of drug-likeness (QED) is 0.540. The number of hydrogen-bond donors (Lipinski definition) is 1. The van der Waals surface area contributed by atoms with Crippen LogP contribution < -0.4 is 10.1 Å². The van der Waals surface area contributed by atoms with Crippen LogP contribution in [0.1, 0.15) is 43.9 Å².